The first-order valence-corrected chi connectivity index (χ1v) is 11.4. The minimum Gasteiger partial charge on any atom is -0.459 e. The van der Waals surface area contributed by atoms with E-state index in [0.717, 1.165) is 37.7 Å². The molecule has 0 aromatic carbocycles. The summed E-state index contributed by atoms with van der Waals surface area (Å²) in [5.41, 5.74) is 1.79. The molecule has 0 saturated heterocycles. The van der Waals surface area contributed by atoms with Crippen LogP contribution in [-0.2, 0) is 22.6 Å². The van der Waals surface area contributed by atoms with Crippen molar-refractivity contribution in [2.45, 2.75) is 69.2 Å². The molecule has 0 bridgehead atoms. The third-order valence-electron chi connectivity index (χ3n) is 5.05. The highest BCUT2D eigenvalue weighted by molar-refractivity contribution is 9.09. The maximum absolute atomic E-state index is 11.0. The number of hydrogen-bond acceptors (Lipinski definition) is 3. The topological polar surface area (TPSA) is 39.2 Å². The molecule has 1 aromatic heterocycles. The molecule has 1 aromatic rings. The lowest BCUT2D eigenvalue weighted by atomic mass is 9.87. The number of allylic oxidation sites excluding steroid dienone is 2. The zero-order valence-corrected chi connectivity index (χ0v) is 19.1. The number of rotatable bonds is 9. The lowest BCUT2D eigenvalue weighted by Crippen LogP contribution is -2.18. The first-order chi connectivity index (χ1) is 12.9. The Kier molecular flexibility index (Phi) is 9.61. The quantitative estimate of drug-likeness (QED) is 0.177. The Morgan fingerprint density at radius 2 is 2.19 bits per heavy atom. The Morgan fingerprint density at radius 1 is 1.41 bits per heavy atom. The number of unbranched alkanes of at least 4 members (excludes halogenated alkanes) is 1. The molecule has 1 saturated carbocycles. The first-order valence-electron chi connectivity index (χ1n) is 9.62. The SMILES string of the molecule is CCC/C=C\C[C@H]1CC(Br)C(Cl)[C@@H]1CCc1cc(Cl)nc(COC(C)=O)c1. The van der Waals surface area contributed by atoms with Crippen LogP contribution in [0.3, 0.4) is 0 Å². The minimum atomic E-state index is -0.323. The molecule has 2 rings (SSSR count). The van der Waals surface area contributed by atoms with Crippen LogP contribution in [0.5, 0.6) is 0 Å². The van der Waals surface area contributed by atoms with E-state index in [4.69, 9.17) is 27.9 Å². The minimum absolute atomic E-state index is 0.146. The number of hydrogen-bond donors (Lipinski definition) is 0. The van der Waals surface area contributed by atoms with Crippen LogP contribution >= 0.6 is 39.1 Å². The molecule has 150 valence electrons. The number of halogens is 3. The Labute approximate surface area is 181 Å². The van der Waals surface area contributed by atoms with Gasteiger partial charge in [-0.3, -0.25) is 4.79 Å². The van der Waals surface area contributed by atoms with Gasteiger partial charge in [0, 0.05) is 17.1 Å². The van der Waals surface area contributed by atoms with Crippen LogP contribution in [0.15, 0.2) is 24.3 Å². The molecule has 0 N–H and O–H groups in total. The van der Waals surface area contributed by atoms with Crippen molar-refractivity contribution in [1.29, 1.82) is 0 Å². The summed E-state index contributed by atoms with van der Waals surface area (Å²) in [5.74, 6) is 0.741. The second-order valence-electron chi connectivity index (χ2n) is 7.22. The average molecular weight is 477 g/mol. The smallest absolute Gasteiger partial charge is 0.303 e. The number of aryl methyl sites for hydroxylation is 1. The van der Waals surface area contributed by atoms with Crippen molar-refractivity contribution in [2.24, 2.45) is 11.8 Å². The summed E-state index contributed by atoms with van der Waals surface area (Å²) in [6.45, 7) is 3.73. The number of pyridine rings is 1. The third-order valence-corrected chi connectivity index (χ3v) is 7.11. The second kappa shape index (κ2) is 11.4. The molecule has 1 aliphatic carbocycles. The fourth-order valence-electron chi connectivity index (χ4n) is 3.68. The van der Waals surface area contributed by atoms with Crippen LogP contribution in [0.1, 0.15) is 57.2 Å². The van der Waals surface area contributed by atoms with Crippen molar-refractivity contribution >= 4 is 45.1 Å². The maximum atomic E-state index is 11.0. The van der Waals surface area contributed by atoms with E-state index in [9.17, 15) is 4.79 Å². The monoisotopic (exact) mass is 475 g/mol. The molecule has 0 spiro atoms. The van der Waals surface area contributed by atoms with Crippen LogP contribution in [0, 0.1) is 11.8 Å². The van der Waals surface area contributed by atoms with Crippen molar-refractivity contribution in [1.82, 2.24) is 4.98 Å². The van der Waals surface area contributed by atoms with E-state index in [1.165, 1.54) is 13.3 Å². The summed E-state index contributed by atoms with van der Waals surface area (Å²) in [4.78, 5) is 15.6. The zero-order chi connectivity index (χ0) is 19.8. The summed E-state index contributed by atoms with van der Waals surface area (Å²) in [5, 5.41) is 0.577. The van der Waals surface area contributed by atoms with Crippen LogP contribution in [0.2, 0.25) is 5.15 Å². The van der Waals surface area contributed by atoms with Gasteiger partial charge in [-0.2, -0.15) is 0 Å². The standard InChI is InChI=1S/C21H28BrCl2NO2/c1-3-4-5-6-7-16-12-19(22)21(24)18(16)9-8-15-10-17(13-27-14(2)26)25-20(23)11-15/h5-6,10-11,16,18-19,21H,3-4,7-9,12-13H2,1-2H3/b6-5-/t16-,18+,19?,21?/m0/s1. The number of ether oxygens (including phenoxy) is 1. The van der Waals surface area contributed by atoms with Crippen molar-refractivity contribution < 1.29 is 9.53 Å². The predicted octanol–water partition coefficient (Wildman–Crippen LogP) is 6.48. The highest BCUT2D eigenvalue weighted by Gasteiger charge is 2.39. The fraction of sp³-hybridized carbons (Fsp3) is 0.619. The van der Waals surface area contributed by atoms with Gasteiger partial charge in [0.25, 0.3) is 0 Å². The van der Waals surface area contributed by atoms with Crippen molar-refractivity contribution in [3.63, 3.8) is 0 Å². The molecule has 0 amide bonds. The van der Waals surface area contributed by atoms with Gasteiger partial charge in [0.1, 0.15) is 11.8 Å². The number of carbonyl (C=O) groups is 1. The van der Waals surface area contributed by atoms with Crippen LogP contribution in [-0.4, -0.2) is 21.2 Å². The molecule has 2 unspecified atom stereocenters. The molecule has 6 heteroatoms. The van der Waals surface area contributed by atoms with Gasteiger partial charge in [0.15, 0.2) is 0 Å². The maximum Gasteiger partial charge on any atom is 0.303 e. The summed E-state index contributed by atoms with van der Waals surface area (Å²) < 4.78 is 5.03. The van der Waals surface area contributed by atoms with Gasteiger partial charge < -0.3 is 4.74 Å². The molecule has 1 aliphatic rings. The Hall–Kier alpha value is -0.580. The lowest BCUT2D eigenvalue weighted by molar-refractivity contribution is -0.142. The number of carbonyl (C=O) groups excluding carboxylic acids is 1. The van der Waals surface area contributed by atoms with Crippen molar-refractivity contribution in [3.8, 4) is 0 Å². The molecular formula is C21H28BrCl2NO2. The molecular weight excluding hydrogens is 449 g/mol. The Morgan fingerprint density at radius 3 is 2.89 bits per heavy atom. The lowest BCUT2D eigenvalue weighted by Gasteiger charge is -2.21. The predicted molar refractivity (Wildman–Crippen MR) is 116 cm³/mol. The van der Waals surface area contributed by atoms with Gasteiger partial charge in [-0.1, -0.05) is 53.0 Å². The van der Waals surface area contributed by atoms with Gasteiger partial charge in [0.05, 0.1) is 5.69 Å². The van der Waals surface area contributed by atoms with E-state index < -0.39 is 0 Å². The van der Waals surface area contributed by atoms with Crippen molar-refractivity contribution in [2.75, 3.05) is 0 Å². The summed E-state index contributed by atoms with van der Waals surface area (Å²) in [6, 6.07) is 3.85. The summed E-state index contributed by atoms with van der Waals surface area (Å²) >= 11 is 16.6. The summed E-state index contributed by atoms with van der Waals surface area (Å²) in [6.07, 6.45) is 11.0. The normalized spacial score (nSPS) is 25.2. The average Bonchev–Trinajstić information content (AvgIpc) is 2.88. The van der Waals surface area contributed by atoms with E-state index in [0.29, 0.717) is 27.5 Å². The highest BCUT2D eigenvalue weighted by atomic mass is 79.9. The zero-order valence-electron chi connectivity index (χ0n) is 16.0. The molecule has 1 fully saturated rings. The van der Waals surface area contributed by atoms with Crippen LogP contribution in [0.4, 0.5) is 0 Å². The van der Waals surface area contributed by atoms with Gasteiger partial charge >= 0.3 is 5.97 Å². The molecule has 4 atom stereocenters. The third kappa shape index (κ3) is 7.40. The molecule has 3 nitrogen and oxygen atoms in total. The molecule has 1 heterocycles. The van der Waals surface area contributed by atoms with E-state index >= 15 is 0 Å². The van der Waals surface area contributed by atoms with Crippen molar-refractivity contribution in [3.05, 3.63) is 40.7 Å². The first kappa shape index (κ1) is 22.7. The number of alkyl halides is 2. The van der Waals surface area contributed by atoms with Gasteiger partial charge in [0.2, 0.25) is 0 Å². The van der Waals surface area contributed by atoms with E-state index in [1.807, 2.05) is 12.1 Å². The molecule has 27 heavy (non-hydrogen) atoms. The number of esters is 1. The van der Waals surface area contributed by atoms with E-state index in [1.54, 1.807) is 0 Å². The van der Waals surface area contributed by atoms with Gasteiger partial charge in [-0.05, 0) is 61.6 Å². The van der Waals surface area contributed by atoms with Gasteiger partial charge in [-0.25, -0.2) is 4.98 Å². The Balaban J connectivity index is 1.99. The van der Waals surface area contributed by atoms with E-state index in [-0.39, 0.29) is 18.0 Å². The highest BCUT2D eigenvalue weighted by Crippen LogP contribution is 2.44. The molecule has 0 radical (unpaired) electrons. The van der Waals surface area contributed by atoms with E-state index in [2.05, 4.69) is 40.0 Å². The summed E-state index contributed by atoms with van der Waals surface area (Å²) in [7, 11) is 0. The fourth-order valence-corrected chi connectivity index (χ4v) is 5.24. The molecule has 0 aliphatic heterocycles. The van der Waals surface area contributed by atoms with Gasteiger partial charge in [-0.15, -0.1) is 11.6 Å². The van der Waals surface area contributed by atoms with Crippen LogP contribution < -0.4 is 0 Å². The number of aromatic nitrogens is 1. The largest absolute Gasteiger partial charge is 0.459 e. The Bertz CT molecular complexity index is 653. The number of nitrogens with zero attached hydrogens (tertiary/aromatic N) is 1. The van der Waals surface area contributed by atoms with Crippen LogP contribution in [0.25, 0.3) is 0 Å². The second-order valence-corrected chi connectivity index (χ2v) is 9.29.